The lowest BCUT2D eigenvalue weighted by atomic mass is 10.1. The van der Waals surface area contributed by atoms with E-state index in [4.69, 9.17) is 0 Å². The van der Waals surface area contributed by atoms with Gasteiger partial charge in [-0.3, -0.25) is 9.97 Å². The van der Waals surface area contributed by atoms with Gasteiger partial charge < -0.3 is 5.11 Å². The third-order valence-corrected chi connectivity index (χ3v) is 2.72. The molecule has 76 valence electrons. The molecule has 2 aromatic heterocycles. The molecule has 0 saturated carbocycles. The SMILES string of the molecule is OC(c1cccnc1)c1ncccc1Br. The summed E-state index contributed by atoms with van der Waals surface area (Å²) in [6.07, 6.45) is 4.21. The normalized spacial score (nSPS) is 12.4. The largest absolute Gasteiger partial charge is 0.382 e. The molecule has 0 aliphatic heterocycles. The quantitative estimate of drug-likeness (QED) is 0.906. The van der Waals surface area contributed by atoms with E-state index < -0.39 is 6.10 Å². The van der Waals surface area contributed by atoms with Crippen LogP contribution in [0.15, 0.2) is 47.3 Å². The Morgan fingerprint density at radius 2 is 2.00 bits per heavy atom. The van der Waals surface area contributed by atoms with Crippen molar-refractivity contribution in [1.82, 2.24) is 9.97 Å². The molecular formula is C11H9BrN2O. The summed E-state index contributed by atoms with van der Waals surface area (Å²) in [5.74, 6) is 0. The topological polar surface area (TPSA) is 46.0 Å². The van der Waals surface area contributed by atoms with E-state index in [0.717, 1.165) is 10.0 Å². The fourth-order valence-electron chi connectivity index (χ4n) is 1.29. The zero-order valence-corrected chi connectivity index (χ0v) is 9.42. The van der Waals surface area contributed by atoms with Crippen molar-refractivity contribution < 1.29 is 5.11 Å². The number of pyridine rings is 2. The number of aliphatic hydroxyl groups is 1. The Kier molecular flexibility index (Phi) is 3.08. The van der Waals surface area contributed by atoms with Crippen molar-refractivity contribution in [3.05, 3.63) is 58.6 Å². The van der Waals surface area contributed by atoms with Crippen LogP contribution in [0.3, 0.4) is 0 Å². The third kappa shape index (κ3) is 2.22. The summed E-state index contributed by atoms with van der Waals surface area (Å²) in [5, 5.41) is 10.0. The van der Waals surface area contributed by atoms with Crippen molar-refractivity contribution in [2.75, 3.05) is 0 Å². The summed E-state index contributed by atoms with van der Waals surface area (Å²) in [6, 6.07) is 7.26. The molecule has 4 heteroatoms. The molecule has 2 rings (SSSR count). The Hall–Kier alpha value is -1.26. The monoisotopic (exact) mass is 264 g/mol. The van der Waals surface area contributed by atoms with Crippen LogP contribution in [0, 0.1) is 0 Å². The summed E-state index contributed by atoms with van der Waals surface area (Å²) in [7, 11) is 0. The minimum absolute atomic E-state index is 0.602. The third-order valence-electron chi connectivity index (χ3n) is 2.05. The number of aromatic nitrogens is 2. The molecule has 0 radical (unpaired) electrons. The van der Waals surface area contributed by atoms with Crippen LogP contribution in [0.5, 0.6) is 0 Å². The highest BCUT2D eigenvalue weighted by atomic mass is 79.9. The Balaban J connectivity index is 2.37. The van der Waals surface area contributed by atoms with Gasteiger partial charge in [-0.2, -0.15) is 0 Å². The van der Waals surface area contributed by atoms with E-state index in [1.807, 2.05) is 18.2 Å². The van der Waals surface area contributed by atoms with E-state index in [2.05, 4.69) is 25.9 Å². The van der Waals surface area contributed by atoms with E-state index in [1.54, 1.807) is 24.7 Å². The first-order chi connectivity index (χ1) is 7.29. The standard InChI is InChI=1S/C11H9BrN2O/c12-9-4-2-6-14-10(9)11(15)8-3-1-5-13-7-8/h1-7,11,15H. The van der Waals surface area contributed by atoms with Crippen molar-refractivity contribution in [3.8, 4) is 0 Å². The van der Waals surface area contributed by atoms with Crippen LogP contribution in [0.1, 0.15) is 17.4 Å². The van der Waals surface area contributed by atoms with E-state index in [-0.39, 0.29) is 0 Å². The van der Waals surface area contributed by atoms with Crippen LogP contribution in [0.2, 0.25) is 0 Å². The Bertz CT molecular complexity index is 447. The molecule has 1 N–H and O–H groups in total. The highest BCUT2D eigenvalue weighted by Crippen LogP contribution is 2.25. The second kappa shape index (κ2) is 4.51. The van der Waals surface area contributed by atoms with Crippen molar-refractivity contribution in [2.24, 2.45) is 0 Å². The maximum Gasteiger partial charge on any atom is 0.124 e. The highest BCUT2D eigenvalue weighted by molar-refractivity contribution is 9.10. The number of nitrogens with zero attached hydrogens (tertiary/aromatic N) is 2. The second-order valence-corrected chi connectivity index (χ2v) is 3.91. The van der Waals surface area contributed by atoms with Gasteiger partial charge in [0.2, 0.25) is 0 Å². The maximum absolute atomic E-state index is 10.0. The Labute approximate surface area is 96.0 Å². The van der Waals surface area contributed by atoms with Gasteiger partial charge in [0.15, 0.2) is 0 Å². The molecule has 0 aliphatic carbocycles. The smallest absolute Gasteiger partial charge is 0.124 e. The summed E-state index contributed by atoms with van der Waals surface area (Å²) in [6.45, 7) is 0. The minimum atomic E-state index is -0.741. The lowest BCUT2D eigenvalue weighted by Crippen LogP contribution is -2.03. The molecule has 0 aromatic carbocycles. The van der Waals surface area contributed by atoms with Gasteiger partial charge in [-0.05, 0) is 34.1 Å². The Morgan fingerprint density at radius 3 is 2.67 bits per heavy atom. The van der Waals surface area contributed by atoms with Gasteiger partial charge in [-0.15, -0.1) is 0 Å². The van der Waals surface area contributed by atoms with Crippen LogP contribution in [0.4, 0.5) is 0 Å². The molecule has 15 heavy (non-hydrogen) atoms. The van der Waals surface area contributed by atoms with Crippen LogP contribution >= 0.6 is 15.9 Å². The van der Waals surface area contributed by atoms with E-state index in [9.17, 15) is 5.11 Å². The molecule has 3 nitrogen and oxygen atoms in total. The average molecular weight is 265 g/mol. The van der Waals surface area contributed by atoms with Crippen molar-refractivity contribution in [3.63, 3.8) is 0 Å². The zero-order chi connectivity index (χ0) is 10.7. The zero-order valence-electron chi connectivity index (χ0n) is 7.84. The number of hydrogen-bond donors (Lipinski definition) is 1. The van der Waals surface area contributed by atoms with Crippen LogP contribution in [-0.4, -0.2) is 15.1 Å². The van der Waals surface area contributed by atoms with Crippen molar-refractivity contribution in [2.45, 2.75) is 6.10 Å². The predicted molar refractivity (Wildman–Crippen MR) is 60.2 cm³/mol. The van der Waals surface area contributed by atoms with Gasteiger partial charge in [-0.1, -0.05) is 6.07 Å². The summed E-state index contributed by atoms with van der Waals surface area (Å²) in [4.78, 5) is 8.09. The number of aliphatic hydroxyl groups excluding tert-OH is 1. The lowest BCUT2D eigenvalue weighted by Gasteiger charge is -2.10. The molecule has 0 saturated heterocycles. The van der Waals surface area contributed by atoms with Crippen LogP contribution < -0.4 is 0 Å². The van der Waals surface area contributed by atoms with Gasteiger partial charge in [0.1, 0.15) is 6.10 Å². The summed E-state index contributed by atoms with van der Waals surface area (Å²) < 4.78 is 0.793. The van der Waals surface area contributed by atoms with Gasteiger partial charge >= 0.3 is 0 Å². The minimum Gasteiger partial charge on any atom is -0.382 e. The fraction of sp³-hybridized carbons (Fsp3) is 0.0909. The summed E-state index contributed by atoms with van der Waals surface area (Å²) >= 11 is 3.35. The highest BCUT2D eigenvalue weighted by Gasteiger charge is 2.14. The second-order valence-electron chi connectivity index (χ2n) is 3.06. The van der Waals surface area contributed by atoms with Crippen LogP contribution in [0.25, 0.3) is 0 Å². The van der Waals surface area contributed by atoms with Crippen molar-refractivity contribution in [1.29, 1.82) is 0 Å². The predicted octanol–water partition coefficient (Wildman–Crippen LogP) is 2.32. The molecule has 2 heterocycles. The molecule has 2 aromatic rings. The summed E-state index contributed by atoms with van der Waals surface area (Å²) in [5.41, 5.74) is 1.34. The van der Waals surface area contributed by atoms with E-state index in [0.29, 0.717) is 5.69 Å². The first kappa shape index (κ1) is 10.3. The molecule has 0 bridgehead atoms. The van der Waals surface area contributed by atoms with E-state index in [1.165, 1.54) is 0 Å². The molecular weight excluding hydrogens is 256 g/mol. The number of halogens is 1. The molecule has 0 aliphatic rings. The molecule has 1 unspecified atom stereocenters. The average Bonchev–Trinajstić information content (AvgIpc) is 2.30. The molecule has 0 fully saturated rings. The van der Waals surface area contributed by atoms with Crippen molar-refractivity contribution >= 4 is 15.9 Å². The fourth-order valence-corrected chi connectivity index (χ4v) is 1.77. The van der Waals surface area contributed by atoms with E-state index >= 15 is 0 Å². The first-order valence-electron chi connectivity index (χ1n) is 4.47. The molecule has 0 spiro atoms. The van der Waals surface area contributed by atoms with Gasteiger partial charge in [0.05, 0.1) is 5.69 Å². The first-order valence-corrected chi connectivity index (χ1v) is 5.27. The maximum atomic E-state index is 10.0. The number of hydrogen-bond acceptors (Lipinski definition) is 3. The van der Waals surface area contributed by atoms with Gasteiger partial charge in [-0.25, -0.2) is 0 Å². The Morgan fingerprint density at radius 1 is 1.20 bits per heavy atom. The number of rotatable bonds is 2. The lowest BCUT2D eigenvalue weighted by molar-refractivity contribution is 0.214. The van der Waals surface area contributed by atoms with Gasteiger partial charge in [0.25, 0.3) is 0 Å². The van der Waals surface area contributed by atoms with Crippen LogP contribution in [-0.2, 0) is 0 Å². The molecule has 1 atom stereocenters. The van der Waals surface area contributed by atoms with Gasteiger partial charge in [0, 0.05) is 28.6 Å². The molecule has 0 amide bonds.